The summed E-state index contributed by atoms with van der Waals surface area (Å²) in [6.45, 7) is 2.31. The Bertz CT molecular complexity index is 107. The molecule has 1 fully saturated rings. The fourth-order valence-corrected chi connectivity index (χ4v) is 2.90. The Hall–Kier alpha value is 1.44. The summed E-state index contributed by atoms with van der Waals surface area (Å²) < 4.78 is -0.0156. The summed E-state index contributed by atoms with van der Waals surface area (Å²) in [7, 11) is 0. The number of alkyl halides is 3. The third kappa shape index (κ3) is 3.38. The van der Waals surface area contributed by atoms with E-state index in [1.165, 1.54) is 12.8 Å². The van der Waals surface area contributed by atoms with Crippen LogP contribution in [0.15, 0.2) is 0 Å². The first kappa shape index (κ1) is 8.54. The Balaban J connectivity index is 2.33. The van der Waals surface area contributed by atoms with Crippen LogP contribution in [0.4, 0.5) is 0 Å². The zero-order chi connectivity index (χ0) is 7.12. The molecule has 0 N–H and O–H groups in total. The molecule has 1 aliphatic rings. The minimum absolute atomic E-state index is 0.0156. The highest BCUT2D eigenvalue weighted by molar-refractivity contribution is 9.39. The van der Waals surface area contributed by atoms with Gasteiger partial charge in [-0.05, 0) is 24.7 Å². The predicted octanol–water partition coefficient (Wildman–Crippen LogP) is 4.02. The fraction of sp³-hybridized carbons (Fsp3) is 1.00. The van der Waals surface area contributed by atoms with E-state index in [-0.39, 0.29) is 2.14 Å². The summed E-state index contributed by atoms with van der Waals surface area (Å²) in [5, 5.41) is 0. The van der Waals surface area contributed by atoms with Gasteiger partial charge in [0, 0.05) is 0 Å². The minimum atomic E-state index is -0.0156. The van der Waals surface area contributed by atoms with Crippen molar-refractivity contribution in [2.75, 3.05) is 0 Å². The molecule has 0 bridgehead atoms. The molecular weight excluding hydrogens is 312 g/mol. The van der Waals surface area contributed by atoms with E-state index in [1.807, 2.05) is 0 Å². The predicted molar refractivity (Wildman–Crippen MR) is 51.5 cm³/mol. The molecule has 0 nitrogen and oxygen atoms in total. The second-order valence-electron chi connectivity index (χ2n) is 3.10. The third-order valence-electron chi connectivity index (χ3n) is 1.73. The van der Waals surface area contributed by atoms with Gasteiger partial charge >= 0.3 is 0 Å². The van der Waals surface area contributed by atoms with Gasteiger partial charge in [0.15, 0.2) is 0 Å². The number of rotatable bonds is 1. The summed E-state index contributed by atoms with van der Waals surface area (Å²) in [6, 6.07) is 0. The first-order valence-corrected chi connectivity index (χ1v) is 5.36. The second kappa shape index (κ2) is 2.49. The molecule has 0 aromatic rings. The highest BCUT2D eigenvalue weighted by Crippen LogP contribution is 2.56. The summed E-state index contributed by atoms with van der Waals surface area (Å²) in [5.41, 5.74) is 0.594. The maximum absolute atomic E-state index is 3.49. The van der Waals surface area contributed by atoms with E-state index in [9.17, 15) is 0 Å². The highest BCUT2D eigenvalue weighted by Gasteiger charge is 2.42. The van der Waals surface area contributed by atoms with Crippen LogP contribution in [0.5, 0.6) is 0 Å². The van der Waals surface area contributed by atoms with E-state index in [1.54, 1.807) is 0 Å². The van der Waals surface area contributed by atoms with Gasteiger partial charge in [0.25, 0.3) is 0 Å². The van der Waals surface area contributed by atoms with Crippen LogP contribution in [0.3, 0.4) is 0 Å². The van der Waals surface area contributed by atoms with Crippen molar-refractivity contribution in [1.29, 1.82) is 0 Å². The zero-order valence-electron chi connectivity index (χ0n) is 5.26. The lowest BCUT2D eigenvalue weighted by atomic mass is 10.1. The Kier molecular flexibility index (Phi) is 2.36. The van der Waals surface area contributed by atoms with Crippen molar-refractivity contribution in [3.8, 4) is 0 Å². The smallest absolute Gasteiger partial charge is 0.0599 e. The lowest BCUT2D eigenvalue weighted by Crippen LogP contribution is -2.07. The van der Waals surface area contributed by atoms with Crippen LogP contribution in [0, 0.1) is 5.41 Å². The molecule has 3 heteroatoms. The number of hydrogen-bond acceptors (Lipinski definition) is 0. The van der Waals surface area contributed by atoms with Crippen LogP contribution in [0.1, 0.15) is 26.2 Å². The zero-order valence-corrected chi connectivity index (χ0v) is 10.0. The van der Waals surface area contributed by atoms with Gasteiger partial charge in [0.1, 0.15) is 2.14 Å². The Morgan fingerprint density at radius 2 is 1.78 bits per heavy atom. The first-order chi connectivity index (χ1) is 3.91. The summed E-state index contributed by atoms with van der Waals surface area (Å²) in [4.78, 5) is 0. The number of hydrogen-bond donors (Lipinski definition) is 0. The molecule has 0 unspecified atom stereocenters. The van der Waals surface area contributed by atoms with E-state index in [4.69, 9.17) is 0 Å². The lowest BCUT2D eigenvalue weighted by molar-refractivity contribution is 0.543. The average molecular weight is 321 g/mol. The summed E-state index contributed by atoms with van der Waals surface area (Å²) in [5.74, 6) is 0. The van der Waals surface area contributed by atoms with Gasteiger partial charge in [-0.15, -0.1) is 0 Å². The molecule has 1 saturated carbocycles. The van der Waals surface area contributed by atoms with Crippen molar-refractivity contribution < 1.29 is 0 Å². The van der Waals surface area contributed by atoms with E-state index >= 15 is 0 Å². The molecule has 0 aromatic carbocycles. The van der Waals surface area contributed by atoms with Crippen molar-refractivity contribution in [2.24, 2.45) is 5.41 Å². The van der Waals surface area contributed by atoms with Crippen molar-refractivity contribution in [2.45, 2.75) is 28.3 Å². The van der Waals surface area contributed by atoms with Crippen molar-refractivity contribution in [3.05, 3.63) is 0 Å². The van der Waals surface area contributed by atoms with Crippen LogP contribution < -0.4 is 0 Å². The molecule has 0 atom stereocenters. The SMILES string of the molecule is CC1(CC(Br)(Br)Br)CC1. The van der Waals surface area contributed by atoms with Gasteiger partial charge in [-0.25, -0.2) is 0 Å². The van der Waals surface area contributed by atoms with E-state index in [2.05, 4.69) is 54.7 Å². The van der Waals surface area contributed by atoms with Crippen LogP contribution in [-0.4, -0.2) is 2.14 Å². The van der Waals surface area contributed by atoms with Crippen LogP contribution in [-0.2, 0) is 0 Å². The van der Waals surface area contributed by atoms with Gasteiger partial charge in [-0.2, -0.15) is 0 Å². The van der Waals surface area contributed by atoms with Gasteiger partial charge in [0.2, 0.25) is 0 Å². The average Bonchev–Trinajstić information content (AvgIpc) is 2.12. The first-order valence-electron chi connectivity index (χ1n) is 2.98. The molecule has 0 aliphatic heterocycles. The quantitative estimate of drug-likeness (QED) is 0.640. The Morgan fingerprint density at radius 1 is 1.33 bits per heavy atom. The van der Waals surface area contributed by atoms with Gasteiger partial charge in [-0.3, -0.25) is 0 Å². The monoisotopic (exact) mass is 318 g/mol. The summed E-state index contributed by atoms with van der Waals surface area (Å²) in [6.07, 6.45) is 3.90. The molecule has 0 aromatic heterocycles. The largest absolute Gasteiger partial charge is 0.135 e. The van der Waals surface area contributed by atoms with E-state index in [0.717, 1.165) is 6.42 Å². The molecule has 9 heavy (non-hydrogen) atoms. The van der Waals surface area contributed by atoms with Gasteiger partial charge < -0.3 is 0 Å². The topological polar surface area (TPSA) is 0 Å². The third-order valence-corrected chi connectivity index (χ3v) is 2.57. The van der Waals surface area contributed by atoms with Gasteiger partial charge in [0.05, 0.1) is 0 Å². The standard InChI is InChI=1S/C6H9Br3/c1-5(2-3-5)4-6(7,8)9/h2-4H2,1H3. The molecule has 0 radical (unpaired) electrons. The van der Waals surface area contributed by atoms with Gasteiger partial charge in [-0.1, -0.05) is 54.7 Å². The van der Waals surface area contributed by atoms with Crippen molar-refractivity contribution >= 4 is 47.8 Å². The van der Waals surface area contributed by atoms with Crippen LogP contribution >= 0.6 is 47.8 Å². The normalized spacial score (nSPS) is 24.0. The van der Waals surface area contributed by atoms with Crippen LogP contribution in [0.25, 0.3) is 0 Å². The molecular formula is C6H9Br3. The molecule has 0 amide bonds. The van der Waals surface area contributed by atoms with E-state index < -0.39 is 0 Å². The minimum Gasteiger partial charge on any atom is -0.0599 e. The van der Waals surface area contributed by atoms with E-state index in [0.29, 0.717) is 5.41 Å². The maximum Gasteiger partial charge on any atom is 0.135 e. The fourth-order valence-electron chi connectivity index (χ4n) is 0.874. The number of halogens is 3. The van der Waals surface area contributed by atoms with Crippen LogP contribution in [0.2, 0.25) is 0 Å². The van der Waals surface area contributed by atoms with Crippen molar-refractivity contribution in [1.82, 2.24) is 0 Å². The molecule has 0 spiro atoms. The molecule has 0 heterocycles. The molecule has 54 valence electrons. The molecule has 0 saturated heterocycles. The second-order valence-corrected chi connectivity index (χ2v) is 10.4. The lowest BCUT2D eigenvalue weighted by Gasteiger charge is -2.16. The Labute approximate surface area is 81.2 Å². The Morgan fingerprint density at radius 3 is 1.89 bits per heavy atom. The molecule has 1 aliphatic carbocycles. The summed E-state index contributed by atoms with van der Waals surface area (Å²) >= 11 is 10.5. The van der Waals surface area contributed by atoms with Crippen molar-refractivity contribution in [3.63, 3.8) is 0 Å². The highest BCUT2D eigenvalue weighted by atomic mass is 80.0. The maximum atomic E-state index is 3.49. The molecule has 1 rings (SSSR count).